The number of nitrogens with two attached hydrogens (primary N) is 1. The molecule has 0 saturated heterocycles. The number of hydrogen-bond donors (Lipinski definition) is 3. The van der Waals surface area contributed by atoms with Crippen molar-refractivity contribution in [1.82, 2.24) is 5.32 Å². The van der Waals surface area contributed by atoms with E-state index in [1.165, 1.54) is 6.07 Å². The van der Waals surface area contributed by atoms with E-state index in [1.807, 2.05) is 0 Å². The first-order valence-electron chi connectivity index (χ1n) is 4.10. The molecule has 0 unspecified atom stereocenters. The Morgan fingerprint density at radius 2 is 2.36 bits per heavy atom. The van der Waals surface area contributed by atoms with Gasteiger partial charge >= 0.3 is 0 Å². The highest BCUT2D eigenvalue weighted by Crippen LogP contribution is 2.10. The molecular weight excluding hydrogens is 185 g/mol. The summed E-state index contributed by atoms with van der Waals surface area (Å²) < 4.78 is 13.3. The average molecular weight is 197 g/mol. The Bertz CT molecular complexity index is 352. The molecule has 0 radical (unpaired) electrons. The van der Waals surface area contributed by atoms with Crippen molar-refractivity contribution < 1.29 is 9.60 Å². The highest BCUT2D eigenvalue weighted by molar-refractivity contribution is 5.97. The predicted octanol–water partition coefficient (Wildman–Crippen LogP) is 0.640. The summed E-state index contributed by atoms with van der Waals surface area (Å²) in [5.74, 6) is -0.469. The molecule has 4 N–H and O–H groups in total. The topological polar surface area (TPSA) is 70.6 Å². The summed E-state index contributed by atoms with van der Waals surface area (Å²) in [6.45, 7) is 0.447. The van der Waals surface area contributed by atoms with Crippen molar-refractivity contribution >= 4 is 5.84 Å². The molecular formula is C9H12FN3O. The Labute approximate surface area is 81.2 Å². The highest BCUT2D eigenvalue weighted by atomic mass is 19.1. The van der Waals surface area contributed by atoms with Crippen molar-refractivity contribution in [3.05, 3.63) is 35.1 Å². The van der Waals surface area contributed by atoms with Crippen LogP contribution in [0.25, 0.3) is 0 Å². The van der Waals surface area contributed by atoms with Gasteiger partial charge in [0.1, 0.15) is 5.82 Å². The van der Waals surface area contributed by atoms with E-state index < -0.39 is 0 Å². The number of halogens is 1. The van der Waals surface area contributed by atoms with E-state index in [4.69, 9.17) is 10.9 Å². The minimum Gasteiger partial charge on any atom is -0.409 e. The van der Waals surface area contributed by atoms with Gasteiger partial charge in [-0.05, 0) is 13.1 Å². The molecule has 0 atom stereocenters. The molecule has 0 aliphatic carbocycles. The lowest BCUT2D eigenvalue weighted by Gasteiger charge is -2.04. The van der Waals surface area contributed by atoms with Crippen LogP contribution < -0.4 is 11.1 Å². The molecule has 76 valence electrons. The Morgan fingerprint density at radius 1 is 1.64 bits per heavy atom. The fourth-order valence-electron chi connectivity index (χ4n) is 1.10. The van der Waals surface area contributed by atoms with E-state index in [0.29, 0.717) is 17.7 Å². The Kier molecular flexibility index (Phi) is 3.41. The molecule has 0 aliphatic rings. The maximum Gasteiger partial charge on any atom is 0.170 e. The van der Waals surface area contributed by atoms with Crippen LogP contribution in [0.2, 0.25) is 0 Å². The number of rotatable bonds is 3. The second kappa shape index (κ2) is 4.57. The van der Waals surface area contributed by atoms with E-state index in [1.54, 1.807) is 19.2 Å². The molecule has 1 rings (SSSR count). The lowest BCUT2D eigenvalue weighted by Crippen LogP contribution is -2.14. The summed E-state index contributed by atoms with van der Waals surface area (Å²) in [5, 5.41) is 14.0. The predicted molar refractivity (Wildman–Crippen MR) is 51.7 cm³/mol. The van der Waals surface area contributed by atoms with Gasteiger partial charge in [0, 0.05) is 17.7 Å². The number of hydrogen-bond acceptors (Lipinski definition) is 3. The number of nitrogens with one attached hydrogen (secondary N) is 1. The first-order chi connectivity index (χ1) is 6.69. The van der Waals surface area contributed by atoms with Crippen LogP contribution in [0.15, 0.2) is 23.4 Å². The number of benzene rings is 1. The van der Waals surface area contributed by atoms with Gasteiger partial charge in [0.25, 0.3) is 0 Å². The van der Waals surface area contributed by atoms with Gasteiger partial charge in [-0.25, -0.2) is 4.39 Å². The maximum atomic E-state index is 13.3. The van der Waals surface area contributed by atoms with Gasteiger partial charge in [-0.1, -0.05) is 17.3 Å². The smallest absolute Gasteiger partial charge is 0.170 e. The third-order valence-corrected chi connectivity index (χ3v) is 1.82. The van der Waals surface area contributed by atoms with Crippen molar-refractivity contribution in [3.8, 4) is 0 Å². The molecule has 0 aliphatic heterocycles. The summed E-state index contributed by atoms with van der Waals surface area (Å²) in [6.07, 6.45) is 0. The highest BCUT2D eigenvalue weighted by Gasteiger charge is 2.05. The molecule has 4 nitrogen and oxygen atoms in total. The minimum atomic E-state index is -0.372. The van der Waals surface area contributed by atoms with E-state index in [9.17, 15) is 4.39 Å². The third kappa shape index (κ3) is 2.20. The lowest BCUT2D eigenvalue weighted by molar-refractivity contribution is 0.318. The molecule has 0 amide bonds. The monoisotopic (exact) mass is 197 g/mol. The van der Waals surface area contributed by atoms with Crippen molar-refractivity contribution in [3.63, 3.8) is 0 Å². The fraction of sp³-hybridized carbons (Fsp3) is 0.222. The molecule has 1 aromatic carbocycles. The molecule has 0 bridgehead atoms. The molecule has 0 heterocycles. The molecule has 0 aromatic heterocycles. The van der Waals surface area contributed by atoms with E-state index >= 15 is 0 Å². The summed E-state index contributed by atoms with van der Waals surface area (Å²) in [7, 11) is 1.73. The van der Waals surface area contributed by atoms with E-state index in [2.05, 4.69) is 10.5 Å². The first-order valence-corrected chi connectivity index (χ1v) is 4.10. The molecule has 0 spiro atoms. The van der Waals surface area contributed by atoms with Gasteiger partial charge < -0.3 is 16.3 Å². The van der Waals surface area contributed by atoms with Crippen LogP contribution in [0.4, 0.5) is 4.39 Å². The largest absolute Gasteiger partial charge is 0.409 e. The molecule has 1 aromatic rings. The molecule has 0 saturated carbocycles. The zero-order chi connectivity index (χ0) is 10.6. The fourth-order valence-corrected chi connectivity index (χ4v) is 1.10. The van der Waals surface area contributed by atoms with Gasteiger partial charge in [0.05, 0.1) is 0 Å². The van der Waals surface area contributed by atoms with Crippen LogP contribution in [0.5, 0.6) is 0 Å². The Morgan fingerprint density at radius 3 is 2.86 bits per heavy atom. The van der Waals surface area contributed by atoms with Gasteiger partial charge in [-0.15, -0.1) is 0 Å². The van der Waals surface area contributed by atoms with Crippen molar-refractivity contribution in [2.24, 2.45) is 10.9 Å². The second-order valence-corrected chi connectivity index (χ2v) is 2.82. The van der Waals surface area contributed by atoms with Gasteiger partial charge in [-0.2, -0.15) is 0 Å². The summed E-state index contributed by atoms with van der Waals surface area (Å²) in [4.78, 5) is 0. The summed E-state index contributed by atoms with van der Waals surface area (Å²) >= 11 is 0. The zero-order valence-electron chi connectivity index (χ0n) is 7.79. The SMILES string of the molecule is CNCc1ccc(C(N)=NO)cc1F. The van der Waals surface area contributed by atoms with Crippen LogP contribution in [-0.4, -0.2) is 18.1 Å². The standard InChI is InChI=1S/C9H12FN3O/c1-12-5-7-3-2-6(4-8(7)10)9(11)13-14/h2-4,12,14H,5H2,1H3,(H2,11,13). The number of nitrogens with zero attached hydrogens (tertiary/aromatic N) is 1. The first kappa shape index (κ1) is 10.5. The van der Waals surface area contributed by atoms with Gasteiger partial charge in [0.15, 0.2) is 5.84 Å². The van der Waals surface area contributed by atoms with Crippen LogP contribution >= 0.6 is 0 Å². The van der Waals surface area contributed by atoms with Crippen LogP contribution in [-0.2, 0) is 6.54 Å². The van der Waals surface area contributed by atoms with Crippen molar-refractivity contribution in [2.45, 2.75) is 6.54 Å². The zero-order valence-corrected chi connectivity index (χ0v) is 7.79. The minimum absolute atomic E-state index is 0.0973. The second-order valence-electron chi connectivity index (χ2n) is 2.82. The summed E-state index contributed by atoms with van der Waals surface area (Å²) in [6, 6.07) is 4.44. The Balaban J connectivity index is 3.00. The van der Waals surface area contributed by atoms with Crippen molar-refractivity contribution in [2.75, 3.05) is 7.05 Å². The Hall–Kier alpha value is -1.62. The van der Waals surface area contributed by atoms with E-state index in [-0.39, 0.29) is 11.7 Å². The quantitative estimate of drug-likeness (QED) is 0.288. The summed E-state index contributed by atoms with van der Waals surface area (Å²) in [5.41, 5.74) is 6.21. The van der Waals surface area contributed by atoms with Crippen LogP contribution in [0.3, 0.4) is 0 Å². The normalized spacial score (nSPS) is 11.7. The van der Waals surface area contributed by atoms with Crippen LogP contribution in [0.1, 0.15) is 11.1 Å². The van der Waals surface area contributed by atoms with Crippen LogP contribution in [0, 0.1) is 5.82 Å². The maximum absolute atomic E-state index is 13.3. The number of amidine groups is 1. The van der Waals surface area contributed by atoms with Gasteiger partial charge in [0.2, 0.25) is 0 Å². The van der Waals surface area contributed by atoms with E-state index in [0.717, 1.165) is 0 Å². The third-order valence-electron chi connectivity index (χ3n) is 1.82. The molecule has 5 heteroatoms. The number of oxime groups is 1. The average Bonchev–Trinajstić information content (AvgIpc) is 2.20. The molecule has 0 fully saturated rings. The molecule has 14 heavy (non-hydrogen) atoms. The van der Waals surface area contributed by atoms with Gasteiger partial charge in [-0.3, -0.25) is 0 Å². The van der Waals surface area contributed by atoms with Crippen molar-refractivity contribution in [1.29, 1.82) is 0 Å². The lowest BCUT2D eigenvalue weighted by atomic mass is 10.1.